The van der Waals surface area contributed by atoms with Crippen molar-refractivity contribution in [2.24, 2.45) is 5.73 Å². The van der Waals surface area contributed by atoms with E-state index < -0.39 is 5.91 Å². The molecule has 0 atom stereocenters. The minimum absolute atomic E-state index is 0.0649. The Morgan fingerprint density at radius 3 is 2.36 bits per heavy atom. The van der Waals surface area contributed by atoms with Gasteiger partial charge in [0.2, 0.25) is 5.91 Å². The second-order valence-electron chi connectivity index (χ2n) is 6.38. The molecule has 4 amide bonds. The van der Waals surface area contributed by atoms with E-state index in [1.807, 2.05) is 26.0 Å². The lowest BCUT2D eigenvalue weighted by molar-refractivity contribution is -0.115. The molecular formula is C20H24N4O3S. The maximum atomic E-state index is 12.5. The standard InChI is InChI=1S/C20H24N4O3S/c1-13(2)23-20(27)22-11-14-7-9-15(10-8-14)19(26)24-16-5-3-4-6-17(16)28-12-18(21)25/h3-10,13H,11-12H2,1-2H3,(H2,21,25)(H,24,26)(H2,22,23,27). The predicted molar refractivity (Wildman–Crippen MR) is 111 cm³/mol. The van der Waals surface area contributed by atoms with Crippen molar-refractivity contribution in [1.29, 1.82) is 0 Å². The number of benzene rings is 2. The van der Waals surface area contributed by atoms with Gasteiger partial charge in [0.1, 0.15) is 0 Å². The molecule has 0 aliphatic carbocycles. The summed E-state index contributed by atoms with van der Waals surface area (Å²) in [6, 6.07) is 14.0. The monoisotopic (exact) mass is 400 g/mol. The molecule has 8 heteroatoms. The van der Waals surface area contributed by atoms with Gasteiger partial charge in [-0.25, -0.2) is 4.79 Å². The first-order chi connectivity index (χ1) is 13.3. The maximum Gasteiger partial charge on any atom is 0.315 e. The van der Waals surface area contributed by atoms with Crippen LogP contribution in [0.5, 0.6) is 0 Å². The highest BCUT2D eigenvalue weighted by Gasteiger charge is 2.10. The summed E-state index contributed by atoms with van der Waals surface area (Å²) in [7, 11) is 0. The third kappa shape index (κ3) is 6.96. The Morgan fingerprint density at radius 2 is 1.71 bits per heavy atom. The highest BCUT2D eigenvalue weighted by Crippen LogP contribution is 2.27. The van der Waals surface area contributed by atoms with E-state index in [1.54, 1.807) is 36.4 Å². The SMILES string of the molecule is CC(C)NC(=O)NCc1ccc(C(=O)Nc2ccccc2SCC(N)=O)cc1. The molecule has 0 fully saturated rings. The summed E-state index contributed by atoms with van der Waals surface area (Å²) >= 11 is 1.27. The van der Waals surface area contributed by atoms with E-state index in [4.69, 9.17) is 5.73 Å². The van der Waals surface area contributed by atoms with Crippen molar-refractivity contribution >= 4 is 35.3 Å². The van der Waals surface area contributed by atoms with Gasteiger partial charge in [-0.05, 0) is 43.7 Å². The van der Waals surface area contributed by atoms with E-state index in [1.165, 1.54) is 11.8 Å². The van der Waals surface area contributed by atoms with Gasteiger partial charge in [-0.3, -0.25) is 9.59 Å². The van der Waals surface area contributed by atoms with Crippen molar-refractivity contribution in [3.63, 3.8) is 0 Å². The van der Waals surface area contributed by atoms with Gasteiger partial charge in [-0.2, -0.15) is 0 Å². The number of amides is 4. The number of carbonyl (C=O) groups excluding carboxylic acids is 3. The van der Waals surface area contributed by atoms with Gasteiger partial charge in [-0.15, -0.1) is 11.8 Å². The van der Waals surface area contributed by atoms with Gasteiger partial charge in [0.05, 0.1) is 11.4 Å². The molecular weight excluding hydrogens is 376 g/mol. The first kappa shape index (κ1) is 21.3. The molecule has 7 nitrogen and oxygen atoms in total. The third-order valence-electron chi connectivity index (χ3n) is 3.59. The van der Waals surface area contributed by atoms with Crippen molar-refractivity contribution in [2.45, 2.75) is 31.3 Å². The highest BCUT2D eigenvalue weighted by molar-refractivity contribution is 8.00. The lowest BCUT2D eigenvalue weighted by Gasteiger charge is -2.11. The zero-order chi connectivity index (χ0) is 20.5. The summed E-state index contributed by atoms with van der Waals surface area (Å²) < 4.78 is 0. The quantitative estimate of drug-likeness (QED) is 0.510. The number of nitrogens with one attached hydrogen (secondary N) is 3. The van der Waals surface area contributed by atoms with Crippen LogP contribution in [0.15, 0.2) is 53.4 Å². The Kier molecular flexibility index (Phi) is 7.88. The fourth-order valence-corrected chi connectivity index (χ4v) is 3.06. The van der Waals surface area contributed by atoms with E-state index in [0.29, 0.717) is 17.8 Å². The van der Waals surface area contributed by atoms with Gasteiger partial charge in [0.25, 0.3) is 5.91 Å². The topological polar surface area (TPSA) is 113 Å². The summed E-state index contributed by atoms with van der Waals surface area (Å²) in [4.78, 5) is 35.9. The third-order valence-corrected chi connectivity index (χ3v) is 4.69. The van der Waals surface area contributed by atoms with Crippen molar-refractivity contribution in [2.75, 3.05) is 11.1 Å². The minimum atomic E-state index is -0.419. The molecule has 5 N–H and O–H groups in total. The average Bonchev–Trinajstić information content (AvgIpc) is 2.65. The van der Waals surface area contributed by atoms with Gasteiger partial charge in [0, 0.05) is 23.0 Å². The number of thioether (sulfide) groups is 1. The zero-order valence-electron chi connectivity index (χ0n) is 15.8. The number of carbonyl (C=O) groups is 3. The van der Waals surface area contributed by atoms with Crippen LogP contribution in [0.25, 0.3) is 0 Å². The number of rotatable bonds is 8. The number of hydrogen-bond donors (Lipinski definition) is 4. The summed E-state index contributed by atoms with van der Waals surface area (Å²) in [5.74, 6) is -0.541. The molecule has 0 radical (unpaired) electrons. The number of nitrogens with two attached hydrogens (primary N) is 1. The maximum absolute atomic E-state index is 12.5. The fraction of sp³-hybridized carbons (Fsp3) is 0.250. The number of anilines is 1. The van der Waals surface area contributed by atoms with Crippen LogP contribution in [0.1, 0.15) is 29.8 Å². The molecule has 2 aromatic carbocycles. The normalized spacial score (nSPS) is 10.4. The van der Waals surface area contributed by atoms with Gasteiger partial charge in [-0.1, -0.05) is 24.3 Å². The Balaban J connectivity index is 1.96. The van der Waals surface area contributed by atoms with Crippen LogP contribution in [0.4, 0.5) is 10.5 Å². The lowest BCUT2D eigenvalue weighted by atomic mass is 10.1. The Morgan fingerprint density at radius 1 is 1.04 bits per heavy atom. The highest BCUT2D eigenvalue weighted by atomic mass is 32.2. The fourth-order valence-electron chi connectivity index (χ4n) is 2.31. The van der Waals surface area contributed by atoms with Crippen LogP contribution < -0.4 is 21.7 Å². The van der Waals surface area contributed by atoms with Crippen LogP contribution in [0.3, 0.4) is 0 Å². The predicted octanol–water partition coefficient (Wildman–Crippen LogP) is 2.72. The van der Waals surface area contributed by atoms with E-state index in [0.717, 1.165) is 10.5 Å². The van der Waals surface area contributed by atoms with E-state index >= 15 is 0 Å². The molecule has 0 saturated carbocycles. The molecule has 0 aromatic heterocycles. The molecule has 0 bridgehead atoms. The first-order valence-corrected chi connectivity index (χ1v) is 9.78. The molecule has 28 heavy (non-hydrogen) atoms. The molecule has 2 aromatic rings. The Labute approximate surface area is 168 Å². The molecule has 0 saturated heterocycles. The van der Waals surface area contributed by atoms with Crippen LogP contribution in [-0.2, 0) is 11.3 Å². The first-order valence-electron chi connectivity index (χ1n) is 8.80. The molecule has 2 rings (SSSR count). The Hall–Kier alpha value is -3.00. The van der Waals surface area contributed by atoms with Gasteiger partial charge in [0.15, 0.2) is 0 Å². The van der Waals surface area contributed by atoms with Gasteiger partial charge < -0.3 is 21.7 Å². The van der Waals surface area contributed by atoms with Gasteiger partial charge >= 0.3 is 6.03 Å². The summed E-state index contributed by atoms with van der Waals surface area (Å²) in [5.41, 5.74) is 7.18. The Bertz CT molecular complexity index is 838. The lowest BCUT2D eigenvalue weighted by Crippen LogP contribution is -2.39. The molecule has 0 unspecified atom stereocenters. The van der Waals surface area contributed by atoms with Crippen molar-refractivity contribution in [3.05, 3.63) is 59.7 Å². The summed E-state index contributed by atoms with van der Waals surface area (Å²) in [6.07, 6.45) is 0. The number of urea groups is 1. The van der Waals surface area contributed by atoms with Crippen molar-refractivity contribution in [3.8, 4) is 0 Å². The molecule has 0 spiro atoms. The zero-order valence-corrected chi connectivity index (χ0v) is 16.6. The van der Waals surface area contributed by atoms with Crippen LogP contribution in [0.2, 0.25) is 0 Å². The molecule has 148 valence electrons. The van der Waals surface area contributed by atoms with Crippen LogP contribution in [0, 0.1) is 0 Å². The van der Waals surface area contributed by atoms with E-state index in [-0.39, 0.29) is 23.7 Å². The summed E-state index contributed by atoms with van der Waals surface area (Å²) in [5, 5.41) is 8.36. The molecule has 0 aliphatic heterocycles. The molecule has 0 heterocycles. The van der Waals surface area contributed by atoms with Crippen molar-refractivity contribution < 1.29 is 14.4 Å². The van der Waals surface area contributed by atoms with Crippen LogP contribution >= 0.6 is 11.8 Å². The van der Waals surface area contributed by atoms with Crippen LogP contribution in [-0.4, -0.2) is 29.6 Å². The second kappa shape index (κ2) is 10.4. The van der Waals surface area contributed by atoms with E-state index in [2.05, 4.69) is 16.0 Å². The van der Waals surface area contributed by atoms with Crippen molar-refractivity contribution in [1.82, 2.24) is 10.6 Å². The number of para-hydroxylation sites is 1. The number of primary amides is 1. The van der Waals surface area contributed by atoms with E-state index in [9.17, 15) is 14.4 Å². The molecule has 0 aliphatic rings. The number of hydrogen-bond acceptors (Lipinski definition) is 4. The summed E-state index contributed by atoms with van der Waals surface area (Å²) in [6.45, 7) is 4.14. The largest absolute Gasteiger partial charge is 0.369 e. The smallest absolute Gasteiger partial charge is 0.315 e. The minimum Gasteiger partial charge on any atom is -0.369 e. The average molecular weight is 401 g/mol. The second-order valence-corrected chi connectivity index (χ2v) is 7.40.